The maximum atomic E-state index is 12.8. The Hall–Kier alpha value is -3.19. The number of aromatic nitrogens is 2. The number of amides is 1. The van der Waals surface area contributed by atoms with E-state index in [-0.39, 0.29) is 18.0 Å². The Morgan fingerprint density at radius 2 is 1.88 bits per heavy atom. The van der Waals surface area contributed by atoms with Crippen molar-refractivity contribution in [2.75, 3.05) is 11.9 Å². The van der Waals surface area contributed by atoms with Crippen LogP contribution >= 0.6 is 12.2 Å². The van der Waals surface area contributed by atoms with Crippen LogP contribution in [-0.4, -0.2) is 32.0 Å². The van der Waals surface area contributed by atoms with E-state index in [1.165, 1.54) is 17.0 Å². The third kappa shape index (κ3) is 4.71. The first kappa shape index (κ1) is 24.0. The molecular weight excluding hydrogens is 442 g/mol. The van der Waals surface area contributed by atoms with Crippen LogP contribution < -0.4 is 10.6 Å². The Bertz CT molecular complexity index is 1190. The number of nitrogens with one attached hydrogen (secondary N) is 2. The summed E-state index contributed by atoms with van der Waals surface area (Å²) in [7, 11) is 0. The summed E-state index contributed by atoms with van der Waals surface area (Å²) in [5.41, 5.74) is 6.49. The highest BCUT2D eigenvalue weighted by Gasteiger charge is 2.41. The fraction of sp³-hybridized carbons (Fsp3) is 0.370. The molecule has 2 N–H and O–H groups in total. The molecule has 3 aromatic rings. The lowest BCUT2D eigenvalue weighted by Crippen LogP contribution is -2.33. The lowest BCUT2D eigenvalue weighted by molar-refractivity contribution is -0.116. The predicted molar refractivity (Wildman–Crippen MR) is 141 cm³/mol. The Kier molecular flexibility index (Phi) is 7.03. The molecular formula is C27H33N5OS. The highest BCUT2D eigenvalue weighted by atomic mass is 32.1. The summed E-state index contributed by atoms with van der Waals surface area (Å²) in [4.78, 5) is 19.6. The van der Waals surface area contributed by atoms with Gasteiger partial charge in [-0.1, -0.05) is 24.3 Å². The van der Waals surface area contributed by atoms with Crippen molar-refractivity contribution >= 4 is 28.9 Å². The molecule has 0 saturated carbocycles. The first-order valence-electron chi connectivity index (χ1n) is 11.8. The second-order valence-electron chi connectivity index (χ2n) is 9.22. The third-order valence-electron chi connectivity index (χ3n) is 6.56. The SMILES string of the molecule is Cc1ccccc1NC(=O)CCN1C(=S)N[C@@H](c2ccccn2)[C@H]1c1cc(C)n(C(C)C)c1C. The van der Waals surface area contributed by atoms with Crippen LogP contribution in [0, 0.1) is 20.8 Å². The standard InChI is InChI=1S/C27H33N5OS/c1-17(2)32-19(4)16-21(20(32)5)26-25(23-12-8-9-14-28-23)30-27(34)31(26)15-13-24(33)29-22-11-7-6-10-18(22)3/h6-12,14,16-17,25-26H,13,15H2,1-5H3,(H,29,33)(H,30,34)/t25-,26+/m0/s1. The molecule has 6 nitrogen and oxygen atoms in total. The zero-order valence-electron chi connectivity index (χ0n) is 20.5. The van der Waals surface area contributed by atoms with Gasteiger partial charge >= 0.3 is 0 Å². The van der Waals surface area contributed by atoms with Gasteiger partial charge in [-0.3, -0.25) is 9.78 Å². The van der Waals surface area contributed by atoms with Gasteiger partial charge in [0.15, 0.2) is 5.11 Å². The first-order valence-corrected chi connectivity index (χ1v) is 12.2. The number of benzene rings is 1. The van der Waals surface area contributed by atoms with Crippen LogP contribution in [0.15, 0.2) is 54.7 Å². The molecule has 0 radical (unpaired) electrons. The molecule has 3 heterocycles. The summed E-state index contributed by atoms with van der Waals surface area (Å²) in [6.45, 7) is 11.2. The van der Waals surface area contributed by atoms with Gasteiger partial charge in [-0.05, 0) is 82.2 Å². The summed E-state index contributed by atoms with van der Waals surface area (Å²) >= 11 is 5.78. The van der Waals surface area contributed by atoms with Crippen molar-refractivity contribution in [2.45, 2.75) is 59.2 Å². The molecule has 1 aromatic carbocycles. The van der Waals surface area contributed by atoms with Crippen LogP contribution in [0.3, 0.4) is 0 Å². The predicted octanol–water partition coefficient (Wildman–Crippen LogP) is 5.39. The molecule has 2 aromatic heterocycles. The van der Waals surface area contributed by atoms with Crippen LogP contribution in [0.2, 0.25) is 0 Å². The lowest BCUT2D eigenvalue weighted by atomic mass is 9.96. The van der Waals surface area contributed by atoms with Gasteiger partial charge in [0.05, 0.1) is 17.8 Å². The summed E-state index contributed by atoms with van der Waals surface area (Å²) in [6, 6.07) is 16.2. The van der Waals surface area contributed by atoms with Crippen molar-refractivity contribution in [1.82, 2.24) is 19.8 Å². The van der Waals surface area contributed by atoms with Gasteiger partial charge in [0.2, 0.25) is 5.91 Å². The van der Waals surface area contributed by atoms with Crippen LogP contribution in [0.25, 0.3) is 0 Å². The van der Waals surface area contributed by atoms with Gasteiger partial charge in [0.25, 0.3) is 0 Å². The molecule has 0 aliphatic carbocycles. The van der Waals surface area contributed by atoms with E-state index in [0.29, 0.717) is 24.1 Å². The number of para-hydroxylation sites is 1. The van der Waals surface area contributed by atoms with Gasteiger partial charge in [-0.15, -0.1) is 0 Å². The minimum atomic E-state index is -0.0887. The molecule has 4 rings (SSSR count). The minimum Gasteiger partial charge on any atom is -0.352 e. The van der Waals surface area contributed by atoms with E-state index in [0.717, 1.165) is 16.9 Å². The van der Waals surface area contributed by atoms with Crippen LogP contribution in [0.5, 0.6) is 0 Å². The Balaban J connectivity index is 1.62. The maximum Gasteiger partial charge on any atom is 0.226 e. The molecule has 0 bridgehead atoms. The molecule has 178 valence electrons. The quantitative estimate of drug-likeness (QED) is 0.449. The highest BCUT2D eigenvalue weighted by molar-refractivity contribution is 7.80. The molecule has 34 heavy (non-hydrogen) atoms. The number of carbonyl (C=O) groups is 1. The van der Waals surface area contributed by atoms with E-state index in [4.69, 9.17) is 12.2 Å². The number of hydrogen-bond acceptors (Lipinski definition) is 3. The highest BCUT2D eigenvalue weighted by Crippen LogP contribution is 2.41. The smallest absolute Gasteiger partial charge is 0.226 e. The molecule has 1 amide bonds. The molecule has 2 atom stereocenters. The zero-order chi connectivity index (χ0) is 24.4. The van der Waals surface area contributed by atoms with Crippen LogP contribution in [0.4, 0.5) is 5.69 Å². The number of aryl methyl sites for hydroxylation is 2. The topological polar surface area (TPSA) is 62.2 Å². The number of rotatable bonds is 7. The average Bonchev–Trinajstić information content (AvgIpc) is 3.29. The van der Waals surface area contributed by atoms with E-state index >= 15 is 0 Å². The maximum absolute atomic E-state index is 12.8. The van der Waals surface area contributed by atoms with Crippen LogP contribution in [-0.2, 0) is 4.79 Å². The monoisotopic (exact) mass is 475 g/mol. The second kappa shape index (κ2) is 9.97. The summed E-state index contributed by atoms with van der Waals surface area (Å²) < 4.78 is 2.36. The first-order chi connectivity index (χ1) is 16.3. The van der Waals surface area contributed by atoms with Gasteiger partial charge in [0.1, 0.15) is 0 Å². The fourth-order valence-corrected chi connectivity index (χ4v) is 5.36. The fourth-order valence-electron chi connectivity index (χ4n) is 5.03. The molecule has 0 spiro atoms. The zero-order valence-corrected chi connectivity index (χ0v) is 21.3. The van der Waals surface area contributed by atoms with Gasteiger partial charge < -0.3 is 20.1 Å². The number of nitrogens with zero attached hydrogens (tertiary/aromatic N) is 3. The Morgan fingerprint density at radius 3 is 2.53 bits per heavy atom. The van der Waals surface area contributed by atoms with E-state index in [2.05, 4.69) is 58.8 Å². The summed E-state index contributed by atoms with van der Waals surface area (Å²) in [5.74, 6) is -0.0233. The van der Waals surface area contributed by atoms with E-state index < -0.39 is 0 Å². The van der Waals surface area contributed by atoms with Crippen LogP contribution in [0.1, 0.15) is 66.6 Å². The normalized spacial score (nSPS) is 17.8. The Morgan fingerprint density at radius 1 is 1.15 bits per heavy atom. The van der Waals surface area contributed by atoms with E-state index in [1.807, 2.05) is 55.6 Å². The van der Waals surface area contributed by atoms with Crippen molar-refractivity contribution in [1.29, 1.82) is 0 Å². The van der Waals surface area contributed by atoms with Crippen molar-refractivity contribution in [3.63, 3.8) is 0 Å². The van der Waals surface area contributed by atoms with E-state index in [9.17, 15) is 4.79 Å². The van der Waals surface area contributed by atoms with Crippen molar-refractivity contribution < 1.29 is 4.79 Å². The van der Waals surface area contributed by atoms with Crippen molar-refractivity contribution in [2.24, 2.45) is 0 Å². The molecule has 7 heteroatoms. The molecule has 1 fully saturated rings. The van der Waals surface area contributed by atoms with Gasteiger partial charge in [0, 0.05) is 42.3 Å². The third-order valence-corrected chi connectivity index (χ3v) is 6.91. The van der Waals surface area contributed by atoms with Crippen molar-refractivity contribution in [3.8, 4) is 0 Å². The molecule has 1 saturated heterocycles. The van der Waals surface area contributed by atoms with Gasteiger partial charge in [-0.2, -0.15) is 0 Å². The second-order valence-corrected chi connectivity index (χ2v) is 9.61. The van der Waals surface area contributed by atoms with Crippen molar-refractivity contribution in [3.05, 3.63) is 82.9 Å². The number of anilines is 1. The number of hydrogen-bond donors (Lipinski definition) is 2. The lowest BCUT2D eigenvalue weighted by Gasteiger charge is -2.28. The number of carbonyl (C=O) groups excluding carboxylic acids is 1. The number of pyridine rings is 1. The molecule has 1 aliphatic rings. The summed E-state index contributed by atoms with van der Waals surface area (Å²) in [5, 5.41) is 7.18. The summed E-state index contributed by atoms with van der Waals surface area (Å²) in [6.07, 6.45) is 2.15. The largest absolute Gasteiger partial charge is 0.352 e. The average molecular weight is 476 g/mol. The van der Waals surface area contributed by atoms with E-state index in [1.54, 1.807) is 0 Å². The van der Waals surface area contributed by atoms with Gasteiger partial charge in [-0.25, -0.2) is 0 Å². The Labute approximate surface area is 207 Å². The molecule has 1 aliphatic heterocycles. The minimum absolute atomic E-state index is 0.0233. The molecule has 0 unspecified atom stereocenters. The number of thiocarbonyl (C=S) groups is 1.